The van der Waals surface area contributed by atoms with Crippen molar-refractivity contribution in [3.05, 3.63) is 48.0 Å². The summed E-state index contributed by atoms with van der Waals surface area (Å²) in [6.07, 6.45) is 1.47. The van der Waals surface area contributed by atoms with Gasteiger partial charge < -0.3 is 15.8 Å². The van der Waals surface area contributed by atoms with Crippen LogP contribution in [0.4, 0.5) is 17.2 Å². The van der Waals surface area contributed by atoms with Crippen LogP contribution < -0.4 is 15.8 Å². The van der Waals surface area contributed by atoms with Crippen LogP contribution >= 0.6 is 0 Å². The van der Waals surface area contributed by atoms with Crippen molar-refractivity contribution in [2.75, 3.05) is 18.2 Å². The number of hydrogen-bond acceptors (Lipinski definition) is 6. The molecule has 2 heterocycles. The summed E-state index contributed by atoms with van der Waals surface area (Å²) in [7, 11) is 1.63. The molecule has 0 atom stereocenters. The maximum Gasteiger partial charge on any atom is 0.182 e. The van der Waals surface area contributed by atoms with Gasteiger partial charge in [-0.05, 0) is 44.2 Å². The summed E-state index contributed by atoms with van der Waals surface area (Å²) in [6, 6.07) is 9.48. The van der Waals surface area contributed by atoms with Gasteiger partial charge in [0.2, 0.25) is 0 Å². The molecule has 3 aromatic rings. The maximum absolute atomic E-state index is 6.22. The quantitative estimate of drug-likeness (QED) is 0.769. The summed E-state index contributed by atoms with van der Waals surface area (Å²) in [5.74, 6) is 1.88. The topological polar surface area (TPSA) is 90.9 Å². The second kappa shape index (κ2) is 5.96. The van der Waals surface area contributed by atoms with Crippen molar-refractivity contribution in [1.29, 1.82) is 0 Å². The van der Waals surface area contributed by atoms with Gasteiger partial charge in [-0.1, -0.05) is 0 Å². The molecule has 0 radical (unpaired) electrons. The zero-order chi connectivity index (χ0) is 16.4. The van der Waals surface area contributed by atoms with Crippen LogP contribution in [-0.4, -0.2) is 26.9 Å². The minimum Gasteiger partial charge on any atom is -0.497 e. The number of aryl methyl sites for hydroxylation is 2. The lowest BCUT2D eigenvalue weighted by atomic mass is 10.3. The highest BCUT2D eigenvalue weighted by Crippen LogP contribution is 2.26. The van der Waals surface area contributed by atoms with Gasteiger partial charge in [-0.2, -0.15) is 5.10 Å². The van der Waals surface area contributed by atoms with Crippen LogP contribution in [0.15, 0.2) is 36.7 Å². The molecule has 0 saturated heterocycles. The van der Waals surface area contributed by atoms with Crippen LogP contribution in [0.5, 0.6) is 5.75 Å². The zero-order valence-electron chi connectivity index (χ0n) is 13.2. The first-order valence-electron chi connectivity index (χ1n) is 7.13. The number of rotatable bonds is 4. The van der Waals surface area contributed by atoms with Crippen LogP contribution in [0.2, 0.25) is 0 Å². The molecule has 0 aliphatic carbocycles. The fourth-order valence-corrected chi connectivity index (χ4v) is 2.31. The molecule has 3 N–H and O–H groups in total. The van der Waals surface area contributed by atoms with Gasteiger partial charge in [0.25, 0.3) is 0 Å². The second-order valence-corrected chi connectivity index (χ2v) is 5.15. The fraction of sp³-hybridized carbons (Fsp3) is 0.188. The summed E-state index contributed by atoms with van der Waals surface area (Å²) in [5.41, 5.74) is 9.39. The standard InChI is InChI=1S/C16H18N6O/c1-10-8-11(2)22(21-10)16-14(17)15(18-9-19-16)20-12-4-6-13(23-3)7-5-12/h4-9H,17H2,1-3H3,(H,18,19,20). The monoisotopic (exact) mass is 310 g/mol. The Morgan fingerprint density at radius 1 is 1.13 bits per heavy atom. The van der Waals surface area contributed by atoms with E-state index in [1.165, 1.54) is 6.33 Å². The predicted octanol–water partition coefficient (Wildman–Crippen LogP) is 2.61. The predicted molar refractivity (Wildman–Crippen MR) is 89.3 cm³/mol. The van der Waals surface area contributed by atoms with Gasteiger partial charge in [0.1, 0.15) is 17.8 Å². The first-order valence-corrected chi connectivity index (χ1v) is 7.13. The van der Waals surface area contributed by atoms with E-state index in [4.69, 9.17) is 10.5 Å². The number of benzene rings is 1. The van der Waals surface area contributed by atoms with Gasteiger partial charge in [0.05, 0.1) is 12.8 Å². The van der Waals surface area contributed by atoms with Gasteiger partial charge in [0, 0.05) is 11.4 Å². The van der Waals surface area contributed by atoms with Crippen molar-refractivity contribution in [2.45, 2.75) is 13.8 Å². The molecule has 7 heteroatoms. The normalized spacial score (nSPS) is 10.6. The molecule has 0 saturated carbocycles. The number of anilines is 3. The van der Waals surface area contributed by atoms with Gasteiger partial charge in [-0.3, -0.25) is 0 Å². The molecule has 3 rings (SSSR count). The SMILES string of the molecule is COc1ccc(Nc2ncnc(-n3nc(C)cc3C)c2N)cc1. The number of nitrogens with one attached hydrogen (secondary N) is 1. The van der Waals surface area contributed by atoms with Crippen LogP contribution in [0.25, 0.3) is 5.82 Å². The molecule has 0 unspecified atom stereocenters. The molecular formula is C16H18N6O. The van der Waals surface area contributed by atoms with Gasteiger partial charge in [-0.15, -0.1) is 0 Å². The van der Waals surface area contributed by atoms with E-state index in [0.717, 1.165) is 22.8 Å². The average molecular weight is 310 g/mol. The highest BCUT2D eigenvalue weighted by atomic mass is 16.5. The van der Waals surface area contributed by atoms with E-state index in [0.29, 0.717) is 17.3 Å². The number of nitrogens with two attached hydrogens (primary N) is 1. The Morgan fingerprint density at radius 2 is 1.87 bits per heavy atom. The van der Waals surface area contributed by atoms with Crippen molar-refractivity contribution in [3.8, 4) is 11.6 Å². The summed E-state index contributed by atoms with van der Waals surface area (Å²) >= 11 is 0. The first-order chi connectivity index (χ1) is 11.1. The highest BCUT2D eigenvalue weighted by molar-refractivity contribution is 5.74. The molecule has 0 aliphatic rings. The van der Waals surface area contributed by atoms with E-state index in [2.05, 4.69) is 20.4 Å². The first kappa shape index (κ1) is 14.8. The maximum atomic E-state index is 6.22. The molecule has 0 amide bonds. The van der Waals surface area contributed by atoms with Crippen molar-refractivity contribution in [3.63, 3.8) is 0 Å². The van der Waals surface area contributed by atoms with E-state index >= 15 is 0 Å². The van der Waals surface area contributed by atoms with Crippen molar-refractivity contribution < 1.29 is 4.74 Å². The third-order valence-corrected chi connectivity index (χ3v) is 3.43. The minimum atomic E-state index is 0.439. The lowest BCUT2D eigenvalue weighted by molar-refractivity contribution is 0.415. The third-order valence-electron chi connectivity index (χ3n) is 3.43. The summed E-state index contributed by atoms with van der Waals surface area (Å²) in [4.78, 5) is 8.48. The third kappa shape index (κ3) is 2.94. The van der Waals surface area contributed by atoms with Crippen molar-refractivity contribution in [2.24, 2.45) is 0 Å². The Hall–Kier alpha value is -3.09. The molecule has 118 valence electrons. The van der Waals surface area contributed by atoms with Crippen molar-refractivity contribution >= 4 is 17.2 Å². The van der Waals surface area contributed by atoms with Crippen molar-refractivity contribution in [1.82, 2.24) is 19.7 Å². The molecule has 0 spiro atoms. The summed E-state index contributed by atoms with van der Waals surface area (Å²) < 4.78 is 6.86. The Morgan fingerprint density at radius 3 is 2.48 bits per heavy atom. The van der Waals surface area contributed by atoms with Gasteiger partial charge in [-0.25, -0.2) is 14.6 Å². The molecule has 7 nitrogen and oxygen atoms in total. The Labute approximate surface area is 134 Å². The molecule has 1 aromatic carbocycles. The molecule has 0 fully saturated rings. The van der Waals surface area contributed by atoms with E-state index in [1.807, 2.05) is 44.2 Å². The van der Waals surface area contributed by atoms with E-state index in [9.17, 15) is 0 Å². The molecule has 0 bridgehead atoms. The number of hydrogen-bond donors (Lipinski definition) is 2. The Bertz CT molecular complexity index is 825. The number of aromatic nitrogens is 4. The number of ether oxygens (including phenoxy) is 1. The molecule has 0 aliphatic heterocycles. The lowest BCUT2D eigenvalue weighted by Gasteiger charge is -2.12. The Balaban J connectivity index is 1.94. The molecular weight excluding hydrogens is 292 g/mol. The van der Waals surface area contributed by atoms with E-state index < -0.39 is 0 Å². The lowest BCUT2D eigenvalue weighted by Crippen LogP contribution is -2.09. The minimum absolute atomic E-state index is 0.439. The smallest absolute Gasteiger partial charge is 0.182 e. The van der Waals surface area contributed by atoms with Gasteiger partial charge >= 0.3 is 0 Å². The van der Waals surface area contributed by atoms with Crippen LogP contribution in [0.1, 0.15) is 11.4 Å². The largest absolute Gasteiger partial charge is 0.497 e. The average Bonchev–Trinajstić information content (AvgIpc) is 2.88. The molecule has 2 aromatic heterocycles. The highest BCUT2D eigenvalue weighted by Gasteiger charge is 2.13. The number of nitrogen functional groups attached to an aromatic ring is 1. The molecule has 23 heavy (non-hydrogen) atoms. The summed E-state index contributed by atoms with van der Waals surface area (Å²) in [6.45, 7) is 3.88. The van der Waals surface area contributed by atoms with Crippen LogP contribution in [0.3, 0.4) is 0 Å². The number of nitrogens with zero attached hydrogens (tertiary/aromatic N) is 4. The van der Waals surface area contributed by atoms with Crippen LogP contribution in [0, 0.1) is 13.8 Å². The van der Waals surface area contributed by atoms with E-state index in [-0.39, 0.29) is 0 Å². The van der Waals surface area contributed by atoms with Gasteiger partial charge in [0.15, 0.2) is 11.6 Å². The van der Waals surface area contributed by atoms with Crippen LogP contribution in [-0.2, 0) is 0 Å². The van der Waals surface area contributed by atoms with E-state index in [1.54, 1.807) is 11.8 Å². The fourth-order valence-electron chi connectivity index (χ4n) is 2.31. The summed E-state index contributed by atoms with van der Waals surface area (Å²) in [5, 5.41) is 7.60. The zero-order valence-corrected chi connectivity index (χ0v) is 13.2. The Kier molecular flexibility index (Phi) is 3.84. The number of methoxy groups -OCH3 is 1. The second-order valence-electron chi connectivity index (χ2n) is 5.15.